The van der Waals surface area contributed by atoms with E-state index in [-0.39, 0.29) is 5.75 Å². The second-order valence-electron chi connectivity index (χ2n) is 3.72. The molecule has 3 nitrogen and oxygen atoms in total. The Kier molecular flexibility index (Phi) is 2.23. The largest absolute Gasteiger partial charge is 0.507 e. The van der Waals surface area contributed by atoms with Gasteiger partial charge in [0.15, 0.2) is 0 Å². The Labute approximate surface area is 87.7 Å². The zero-order valence-electron chi connectivity index (χ0n) is 8.45. The van der Waals surface area contributed by atoms with Crippen molar-refractivity contribution in [1.82, 2.24) is 0 Å². The molecule has 0 unspecified atom stereocenters. The summed E-state index contributed by atoms with van der Waals surface area (Å²) in [5.74, 6) is -0.718. The smallest absolute Gasteiger partial charge is 0.331 e. The van der Waals surface area contributed by atoms with Gasteiger partial charge in [0.25, 0.3) is 0 Å². The molecule has 3 heteroatoms. The molecule has 15 heavy (non-hydrogen) atoms. The maximum Gasteiger partial charge on any atom is 0.331 e. The fraction of sp³-hybridized carbons (Fsp3) is 0.250. The lowest BCUT2D eigenvalue weighted by atomic mass is 9.86. The highest BCUT2D eigenvalue weighted by Gasteiger charge is 2.22. The van der Waals surface area contributed by atoms with E-state index < -0.39 is 5.97 Å². The fourth-order valence-corrected chi connectivity index (χ4v) is 2.09. The molecule has 0 fully saturated rings. The highest BCUT2D eigenvalue weighted by atomic mass is 16.4. The number of aromatic hydroxyl groups is 1. The van der Waals surface area contributed by atoms with E-state index in [1.54, 1.807) is 19.1 Å². The molecule has 1 aliphatic carbocycles. The third-order valence-corrected chi connectivity index (χ3v) is 2.86. The molecule has 0 spiro atoms. The quantitative estimate of drug-likeness (QED) is 0.737. The van der Waals surface area contributed by atoms with Crippen LogP contribution in [0.2, 0.25) is 0 Å². The number of hydrogen-bond donors (Lipinski definition) is 2. The predicted octanol–water partition coefficient (Wildman–Crippen LogP) is 2.20. The minimum atomic E-state index is -0.888. The summed E-state index contributed by atoms with van der Waals surface area (Å²) in [4.78, 5) is 10.9. The Balaban J connectivity index is 2.65. The molecular weight excluding hydrogens is 192 g/mol. The molecule has 1 aliphatic rings. The Morgan fingerprint density at radius 1 is 1.33 bits per heavy atom. The number of carbonyl (C=O) groups is 1. The summed E-state index contributed by atoms with van der Waals surface area (Å²) in [5.41, 5.74) is 2.81. The van der Waals surface area contributed by atoms with Crippen LogP contribution in [0.4, 0.5) is 0 Å². The molecule has 0 bridgehead atoms. The zero-order valence-corrected chi connectivity index (χ0v) is 8.45. The summed E-state index contributed by atoms with van der Waals surface area (Å²) in [6.45, 7) is 1.75. The van der Waals surface area contributed by atoms with Gasteiger partial charge in [-0.2, -0.15) is 0 Å². The van der Waals surface area contributed by atoms with Crippen molar-refractivity contribution in [3.05, 3.63) is 34.9 Å². The Morgan fingerprint density at radius 2 is 2.07 bits per heavy atom. The summed E-state index contributed by atoms with van der Waals surface area (Å²) in [6.07, 6.45) is 1.22. The van der Waals surface area contributed by atoms with Gasteiger partial charge in [0.2, 0.25) is 0 Å². The van der Waals surface area contributed by atoms with Crippen LogP contribution in [-0.4, -0.2) is 16.2 Å². The number of rotatable bonds is 1. The summed E-state index contributed by atoms with van der Waals surface area (Å²) in [7, 11) is 0. The van der Waals surface area contributed by atoms with Gasteiger partial charge in [-0.05, 0) is 37.0 Å². The monoisotopic (exact) mass is 204 g/mol. The maximum absolute atomic E-state index is 10.9. The van der Waals surface area contributed by atoms with Crippen LogP contribution >= 0.6 is 0 Å². The minimum Gasteiger partial charge on any atom is -0.507 e. The first-order chi connectivity index (χ1) is 7.11. The number of carboxylic acid groups (broad SMARTS) is 1. The second kappa shape index (κ2) is 3.42. The number of phenolic OH excluding ortho intramolecular Hbond substituents is 1. The predicted molar refractivity (Wildman–Crippen MR) is 56.7 cm³/mol. The number of phenols is 1. The summed E-state index contributed by atoms with van der Waals surface area (Å²) >= 11 is 0. The summed E-state index contributed by atoms with van der Waals surface area (Å²) in [5, 5.41) is 18.7. The zero-order chi connectivity index (χ0) is 11.0. The molecule has 0 saturated carbocycles. The second-order valence-corrected chi connectivity index (χ2v) is 3.72. The van der Waals surface area contributed by atoms with Gasteiger partial charge in [-0.25, -0.2) is 4.79 Å². The van der Waals surface area contributed by atoms with Gasteiger partial charge in [-0.3, -0.25) is 0 Å². The van der Waals surface area contributed by atoms with Gasteiger partial charge in [0.05, 0.1) is 0 Å². The highest BCUT2D eigenvalue weighted by Crippen LogP contribution is 2.36. The Bertz CT molecular complexity index is 458. The molecule has 0 saturated heterocycles. The normalized spacial score (nSPS) is 15.0. The molecule has 1 aromatic rings. The van der Waals surface area contributed by atoms with E-state index in [1.807, 2.05) is 6.07 Å². The van der Waals surface area contributed by atoms with Gasteiger partial charge in [0.1, 0.15) is 5.75 Å². The lowest BCUT2D eigenvalue weighted by molar-refractivity contribution is -0.132. The van der Waals surface area contributed by atoms with Crippen molar-refractivity contribution < 1.29 is 15.0 Å². The van der Waals surface area contributed by atoms with Crippen LogP contribution < -0.4 is 0 Å². The van der Waals surface area contributed by atoms with Gasteiger partial charge in [-0.1, -0.05) is 12.1 Å². The first kappa shape index (κ1) is 9.77. The number of hydrogen-bond acceptors (Lipinski definition) is 2. The van der Waals surface area contributed by atoms with Crippen LogP contribution in [0, 0.1) is 0 Å². The summed E-state index contributed by atoms with van der Waals surface area (Å²) < 4.78 is 0. The van der Waals surface area contributed by atoms with E-state index >= 15 is 0 Å². The van der Waals surface area contributed by atoms with Crippen LogP contribution in [0.3, 0.4) is 0 Å². The Morgan fingerprint density at radius 3 is 2.73 bits per heavy atom. The molecule has 0 amide bonds. The van der Waals surface area contributed by atoms with Crippen LogP contribution in [0.25, 0.3) is 5.57 Å². The number of benzene rings is 1. The van der Waals surface area contributed by atoms with Crippen LogP contribution in [0.15, 0.2) is 23.8 Å². The third kappa shape index (κ3) is 1.50. The molecule has 0 heterocycles. The van der Waals surface area contributed by atoms with Gasteiger partial charge >= 0.3 is 5.97 Å². The van der Waals surface area contributed by atoms with Crippen molar-refractivity contribution in [2.75, 3.05) is 0 Å². The average Bonchev–Trinajstić information content (AvgIpc) is 2.17. The van der Waals surface area contributed by atoms with Gasteiger partial charge in [-0.15, -0.1) is 0 Å². The van der Waals surface area contributed by atoms with E-state index in [1.165, 1.54) is 0 Å². The number of allylic oxidation sites excluding steroid dienone is 1. The van der Waals surface area contributed by atoms with Crippen molar-refractivity contribution in [1.29, 1.82) is 0 Å². The summed E-state index contributed by atoms with van der Waals surface area (Å²) in [6, 6.07) is 5.30. The molecule has 0 radical (unpaired) electrons. The van der Waals surface area contributed by atoms with E-state index in [4.69, 9.17) is 5.11 Å². The van der Waals surface area contributed by atoms with Crippen molar-refractivity contribution in [2.24, 2.45) is 0 Å². The maximum atomic E-state index is 10.9. The van der Waals surface area contributed by atoms with Crippen molar-refractivity contribution in [2.45, 2.75) is 19.8 Å². The number of fused-ring (bicyclic) bond motifs is 1. The SMILES string of the molecule is CC1=C(C(=O)O)CCc2cccc(O)c21. The minimum absolute atomic E-state index is 0.170. The average molecular weight is 204 g/mol. The standard InChI is InChI=1S/C12H12O3/c1-7-9(12(14)15)6-5-8-3-2-4-10(13)11(7)8/h2-4,13H,5-6H2,1H3,(H,14,15). The van der Waals surface area contributed by atoms with E-state index in [9.17, 15) is 9.90 Å². The molecule has 78 valence electrons. The van der Waals surface area contributed by atoms with Crippen LogP contribution in [0.5, 0.6) is 5.75 Å². The fourth-order valence-electron chi connectivity index (χ4n) is 2.09. The van der Waals surface area contributed by atoms with Crippen molar-refractivity contribution >= 4 is 11.5 Å². The number of aryl methyl sites for hydroxylation is 1. The van der Waals surface area contributed by atoms with E-state index in [0.717, 1.165) is 5.56 Å². The molecule has 0 aromatic heterocycles. The van der Waals surface area contributed by atoms with Crippen LogP contribution in [-0.2, 0) is 11.2 Å². The van der Waals surface area contributed by atoms with E-state index in [2.05, 4.69) is 0 Å². The Hall–Kier alpha value is -1.77. The number of carboxylic acids is 1. The third-order valence-electron chi connectivity index (χ3n) is 2.86. The lowest BCUT2D eigenvalue weighted by Crippen LogP contribution is -2.10. The van der Waals surface area contributed by atoms with E-state index in [0.29, 0.717) is 29.6 Å². The van der Waals surface area contributed by atoms with Gasteiger partial charge < -0.3 is 10.2 Å². The molecule has 0 atom stereocenters. The molecular formula is C12H12O3. The topological polar surface area (TPSA) is 57.5 Å². The first-order valence-electron chi connectivity index (χ1n) is 4.85. The van der Waals surface area contributed by atoms with Crippen molar-refractivity contribution in [3.63, 3.8) is 0 Å². The molecule has 2 rings (SSSR count). The highest BCUT2D eigenvalue weighted by molar-refractivity contribution is 5.98. The molecule has 0 aliphatic heterocycles. The first-order valence-corrected chi connectivity index (χ1v) is 4.85. The lowest BCUT2D eigenvalue weighted by Gasteiger charge is -2.19. The van der Waals surface area contributed by atoms with Gasteiger partial charge in [0, 0.05) is 11.1 Å². The van der Waals surface area contributed by atoms with Crippen molar-refractivity contribution in [3.8, 4) is 5.75 Å². The molecule has 1 aromatic carbocycles. The molecule has 2 N–H and O–H groups in total. The van der Waals surface area contributed by atoms with Crippen LogP contribution in [0.1, 0.15) is 24.5 Å². The number of aliphatic carboxylic acids is 1.